The Morgan fingerprint density at radius 3 is 2.41 bits per heavy atom. The van der Waals surface area contributed by atoms with Gasteiger partial charge < -0.3 is 29.8 Å². The SMILES string of the molecule is NCCCC[C@H](CC(=O)[C@@H]1C[C@@H](OCC2CCCCC2)CN1C(=O)[C@@H](Cc1cccc(C(F)(F)F)c1)NC(=O)OCc1ccccc1)C(=O)c1nc2ccccc2o1. The van der Waals surface area contributed by atoms with E-state index in [0.29, 0.717) is 55.0 Å². The van der Waals surface area contributed by atoms with Crippen LogP contribution < -0.4 is 11.1 Å². The maximum Gasteiger partial charge on any atom is 0.416 e. The maximum atomic E-state index is 14.7. The third-order valence-electron chi connectivity index (χ3n) is 11.0. The number of carbonyl (C=O) groups excluding carboxylic acids is 4. The van der Waals surface area contributed by atoms with E-state index in [9.17, 15) is 32.3 Å². The molecule has 0 bridgehead atoms. The van der Waals surface area contributed by atoms with Gasteiger partial charge in [0.25, 0.3) is 5.89 Å². The van der Waals surface area contributed by atoms with Crippen LogP contribution in [0.3, 0.4) is 0 Å². The Morgan fingerprint density at radius 2 is 1.67 bits per heavy atom. The quantitative estimate of drug-likeness (QED) is 0.0757. The predicted octanol–water partition coefficient (Wildman–Crippen LogP) is 7.84. The Labute approximate surface area is 335 Å². The highest BCUT2D eigenvalue weighted by molar-refractivity contribution is 6.00. The van der Waals surface area contributed by atoms with E-state index in [1.807, 2.05) is 0 Å². The number of ketones is 2. The zero-order valence-electron chi connectivity index (χ0n) is 32.5. The summed E-state index contributed by atoms with van der Waals surface area (Å²) in [5, 5.41) is 2.58. The van der Waals surface area contributed by atoms with Gasteiger partial charge in [-0.1, -0.05) is 86.3 Å². The van der Waals surface area contributed by atoms with E-state index in [1.165, 1.54) is 23.5 Å². The van der Waals surface area contributed by atoms with Crippen molar-refractivity contribution in [1.29, 1.82) is 0 Å². The molecule has 1 saturated heterocycles. The highest BCUT2D eigenvalue weighted by Crippen LogP contribution is 2.32. The minimum absolute atomic E-state index is 0.0126. The van der Waals surface area contributed by atoms with Gasteiger partial charge >= 0.3 is 12.3 Å². The van der Waals surface area contributed by atoms with Crippen LogP contribution in [0.25, 0.3) is 11.1 Å². The fraction of sp³-hybridized carbons (Fsp3) is 0.477. The van der Waals surface area contributed by atoms with E-state index >= 15 is 0 Å². The molecule has 1 aliphatic heterocycles. The van der Waals surface area contributed by atoms with Crippen molar-refractivity contribution < 1.29 is 46.2 Å². The number of carbonyl (C=O) groups is 4. The highest BCUT2D eigenvalue weighted by atomic mass is 19.4. The summed E-state index contributed by atoms with van der Waals surface area (Å²) in [6.45, 7) is 0.761. The lowest BCUT2D eigenvalue weighted by molar-refractivity contribution is -0.139. The molecule has 1 aliphatic carbocycles. The molecular weight excluding hydrogens is 753 g/mol. The number of aromatic nitrogens is 1. The van der Waals surface area contributed by atoms with E-state index in [1.54, 1.807) is 54.6 Å². The molecule has 310 valence electrons. The van der Waals surface area contributed by atoms with Crippen LogP contribution in [0.1, 0.15) is 91.6 Å². The van der Waals surface area contributed by atoms with Gasteiger partial charge in [-0.05, 0) is 67.5 Å². The van der Waals surface area contributed by atoms with Crippen molar-refractivity contribution in [3.8, 4) is 0 Å². The number of amides is 2. The first-order chi connectivity index (χ1) is 28.0. The van der Waals surface area contributed by atoms with Crippen molar-refractivity contribution >= 4 is 34.7 Å². The average molecular weight is 805 g/mol. The van der Waals surface area contributed by atoms with Crippen molar-refractivity contribution in [2.45, 2.75) is 102 Å². The standard InChI is InChI=1S/C44H51F3N4O7/c45-44(46,47)33-18-11-16-31(22-33)23-36(50-43(55)57-28-30-14-5-2-6-15-30)42(54)51-26-34(56-27-29-12-3-1-4-13-29)25-37(51)38(52)24-32(17-9-10-21-48)40(53)41-49-35-19-7-8-20-39(35)58-41/h2,5-8,11,14-16,18-20,22,29,32,34,36-37H,1,3-4,9-10,12-13,17,21,23-28,48H2,(H,50,55)/t32-,34-,36-,37+/m1/s1. The summed E-state index contributed by atoms with van der Waals surface area (Å²) in [5.41, 5.74) is 6.63. The molecule has 58 heavy (non-hydrogen) atoms. The Morgan fingerprint density at radius 1 is 0.931 bits per heavy atom. The van der Waals surface area contributed by atoms with E-state index in [2.05, 4.69) is 10.3 Å². The van der Waals surface area contributed by atoms with Crippen molar-refractivity contribution in [2.75, 3.05) is 19.7 Å². The molecule has 11 nitrogen and oxygen atoms in total. The van der Waals surface area contributed by atoms with Crippen molar-refractivity contribution in [3.05, 3.63) is 101 Å². The number of hydrogen-bond acceptors (Lipinski definition) is 9. The van der Waals surface area contributed by atoms with Crippen molar-refractivity contribution in [3.63, 3.8) is 0 Å². The van der Waals surface area contributed by atoms with Crippen LogP contribution in [-0.2, 0) is 38.3 Å². The molecule has 0 spiro atoms. The minimum Gasteiger partial charge on any atom is -0.445 e. The summed E-state index contributed by atoms with van der Waals surface area (Å²) in [4.78, 5) is 62.0. The largest absolute Gasteiger partial charge is 0.445 e. The van der Waals surface area contributed by atoms with Gasteiger partial charge in [-0.3, -0.25) is 14.4 Å². The molecule has 3 N–H and O–H groups in total. The normalized spacial score (nSPS) is 18.5. The first-order valence-corrected chi connectivity index (χ1v) is 20.2. The number of Topliss-reactive ketones (excluding diaryl/α,β-unsaturated/α-hetero) is 2. The van der Waals surface area contributed by atoms with Gasteiger partial charge in [0.1, 0.15) is 18.2 Å². The molecule has 0 radical (unpaired) electrons. The van der Waals surface area contributed by atoms with Crippen LogP contribution >= 0.6 is 0 Å². The molecule has 4 aromatic rings. The monoisotopic (exact) mass is 804 g/mol. The number of rotatable bonds is 18. The van der Waals surface area contributed by atoms with E-state index < -0.39 is 53.6 Å². The second kappa shape index (κ2) is 20.1. The number of unbranched alkanes of at least 4 members (excludes halogenated alkanes) is 1. The number of hydrogen-bond donors (Lipinski definition) is 2. The van der Waals surface area contributed by atoms with E-state index in [0.717, 1.165) is 37.8 Å². The van der Waals surface area contributed by atoms with E-state index in [-0.39, 0.29) is 49.7 Å². The minimum atomic E-state index is -4.64. The van der Waals surface area contributed by atoms with Gasteiger partial charge in [0.2, 0.25) is 11.7 Å². The first kappa shape index (κ1) is 42.5. The number of nitrogens with two attached hydrogens (primary N) is 1. The third-order valence-corrected chi connectivity index (χ3v) is 11.0. The Kier molecular flexibility index (Phi) is 14.7. The van der Waals surface area contributed by atoms with Crippen LogP contribution in [-0.4, -0.2) is 71.3 Å². The summed E-state index contributed by atoms with van der Waals surface area (Å²) in [6, 6.07) is 17.9. The van der Waals surface area contributed by atoms with Crippen LogP contribution in [0.4, 0.5) is 18.0 Å². The van der Waals surface area contributed by atoms with Crippen LogP contribution in [0.5, 0.6) is 0 Å². The van der Waals surface area contributed by atoms with Crippen molar-refractivity contribution in [1.82, 2.24) is 15.2 Å². The smallest absolute Gasteiger partial charge is 0.416 e. The van der Waals surface area contributed by atoms with Crippen LogP contribution in [0.2, 0.25) is 0 Å². The Hall–Kier alpha value is -5.08. The topological polar surface area (TPSA) is 154 Å². The summed E-state index contributed by atoms with van der Waals surface area (Å²) in [6.07, 6.45) is 0.437. The number of nitrogens with zero attached hydrogens (tertiary/aromatic N) is 2. The predicted molar refractivity (Wildman–Crippen MR) is 209 cm³/mol. The summed E-state index contributed by atoms with van der Waals surface area (Å²) in [7, 11) is 0. The molecule has 6 rings (SSSR count). The number of fused-ring (bicyclic) bond motifs is 1. The zero-order chi connectivity index (χ0) is 41.1. The van der Waals surface area contributed by atoms with Gasteiger partial charge in [-0.2, -0.15) is 13.2 Å². The molecule has 4 atom stereocenters. The Balaban J connectivity index is 1.26. The van der Waals surface area contributed by atoms with Crippen LogP contribution in [0, 0.1) is 11.8 Å². The van der Waals surface area contributed by atoms with E-state index in [4.69, 9.17) is 19.6 Å². The van der Waals surface area contributed by atoms with Gasteiger partial charge in [-0.25, -0.2) is 9.78 Å². The molecule has 2 fully saturated rings. The van der Waals surface area contributed by atoms with Gasteiger partial charge in [0.15, 0.2) is 11.4 Å². The number of alkyl carbamates (subject to hydrolysis) is 1. The summed E-state index contributed by atoms with van der Waals surface area (Å²) < 4.78 is 58.8. The molecule has 1 saturated carbocycles. The second-order valence-electron chi connectivity index (χ2n) is 15.4. The number of ether oxygens (including phenoxy) is 2. The van der Waals surface area contributed by atoms with Gasteiger partial charge in [0, 0.05) is 38.3 Å². The maximum absolute atomic E-state index is 14.7. The zero-order valence-corrected chi connectivity index (χ0v) is 32.5. The molecule has 1 aromatic heterocycles. The number of alkyl halides is 3. The molecule has 2 amide bonds. The van der Waals surface area contributed by atoms with Crippen molar-refractivity contribution in [2.24, 2.45) is 17.6 Å². The number of para-hydroxylation sites is 2. The molecule has 2 heterocycles. The van der Waals surface area contributed by atoms with Gasteiger partial charge in [0.05, 0.1) is 17.7 Å². The fourth-order valence-electron chi connectivity index (χ4n) is 7.90. The lowest BCUT2D eigenvalue weighted by atomic mass is 9.89. The number of nitrogens with one attached hydrogen (secondary N) is 1. The second-order valence-corrected chi connectivity index (χ2v) is 15.4. The number of halogens is 3. The average Bonchev–Trinajstić information content (AvgIpc) is 3.87. The number of benzene rings is 3. The number of likely N-dealkylation sites (tertiary alicyclic amines) is 1. The lowest BCUT2D eigenvalue weighted by Crippen LogP contribution is -2.53. The molecule has 14 heteroatoms. The highest BCUT2D eigenvalue weighted by Gasteiger charge is 2.44. The first-order valence-electron chi connectivity index (χ1n) is 20.2. The molecule has 0 unspecified atom stereocenters. The summed E-state index contributed by atoms with van der Waals surface area (Å²) in [5.74, 6) is -2.08. The molecular formula is C44H51F3N4O7. The lowest BCUT2D eigenvalue weighted by Gasteiger charge is -2.29. The Bertz CT molecular complexity index is 1970. The molecule has 3 aromatic carbocycles. The molecule has 2 aliphatic rings. The fourth-order valence-corrected chi connectivity index (χ4v) is 7.90. The number of oxazole rings is 1. The summed E-state index contributed by atoms with van der Waals surface area (Å²) >= 11 is 0. The van der Waals surface area contributed by atoms with Crippen LogP contribution in [0.15, 0.2) is 83.3 Å². The van der Waals surface area contributed by atoms with Gasteiger partial charge in [-0.15, -0.1) is 0 Å². The third kappa shape index (κ3) is 11.5.